The van der Waals surface area contributed by atoms with Crippen LogP contribution in [0.5, 0.6) is 0 Å². The van der Waals surface area contributed by atoms with E-state index >= 15 is 0 Å². The van der Waals surface area contributed by atoms with Crippen LogP contribution < -0.4 is 0 Å². The van der Waals surface area contributed by atoms with Gasteiger partial charge in [-0.05, 0) is 18.9 Å². The van der Waals surface area contributed by atoms with Gasteiger partial charge >= 0.3 is 0 Å². The summed E-state index contributed by atoms with van der Waals surface area (Å²) in [5.74, 6) is 0.210. The highest BCUT2D eigenvalue weighted by Gasteiger charge is 1.94. The minimum Gasteiger partial charge on any atom is -0.300 e. The average Bonchev–Trinajstić information content (AvgIpc) is 2.15. The number of allylic oxidation sites excluding steroid dienone is 4. The fourth-order valence-corrected chi connectivity index (χ4v) is 0.725. The van der Waals surface area contributed by atoms with Gasteiger partial charge in [0.2, 0.25) is 0 Å². The average molecular weight is 180 g/mol. The van der Waals surface area contributed by atoms with Crippen LogP contribution in [-0.4, -0.2) is 5.78 Å². The minimum atomic E-state index is 0.210. The Morgan fingerprint density at radius 2 is 1.77 bits per heavy atom. The van der Waals surface area contributed by atoms with Gasteiger partial charge in [0.15, 0.2) is 0 Å². The Morgan fingerprint density at radius 3 is 2.08 bits per heavy atom. The highest BCUT2D eigenvalue weighted by Crippen LogP contribution is 2.06. The van der Waals surface area contributed by atoms with Crippen molar-refractivity contribution in [3.05, 3.63) is 37.0 Å². The van der Waals surface area contributed by atoms with Gasteiger partial charge in [-0.25, -0.2) is 0 Å². The van der Waals surface area contributed by atoms with Crippen LogP contribution in [0.1, 0.15) is 33.6 Å². The third kappa shape index (κ3) is 10.9. The molecule has 0 aliphatic rings. The van der Waals surface area contributed by atoms with Gasteiger partial charge in [-0.3, -0.25) is 0 Å². The maximum atomic E-state index is 10.6. The molecule has 0 aromatic carbocycles. The summed E-state index contributed by atoms with van der Waals surface area (Å²) in [5, 5.41) is 0. The molecule has 0 spiro atoms. The van der Waals surface area contributed by atoms with Crippen LogP contribution in [-0.2, 0) is 4.79 Å². The number of hydrogen-bond acceptors (Lipinski definition) is 1. The topological polar surface area (TPSA) is 17.1 Å². The maximum absolute atomic E-state index is 10.6. The molecule has 1 nitrogen and oxygen atoms in total. The molecule has 0 rings (SSSR count). The number of hydrogen-bond donors (Lipinski definition) is 0. The first kappa shape index (κ1) is 14.4. The van der Waals surface area contributed by atoms with Crippen molar-refractivity contribution in [1.82, 2.24) is 0 Å². The van der Waals surface area contributed by atoms with Gasteiger partial charge in [0.05, 0.1) is 0 Å². The van der Waals surface area contributed by atoms with Crippen LogP contribution in [0, 0.1) is 0 Å². The summed E-state index contributed by atoms with van der Waals surface area (Å²) < 4.78 is 0. The van der Waals surface area contributed by atoms with Crippen LogP contribution >= 0.6 is 0 Å². The third-order valence-corrected chi connectivity index (χ3v) is 1.36. The molecule has 0 heterocycles. The summed E-state index contributed by atoms with van der Waals surface area (Å²) in [6.07, 6.45) is 6.69. The standard InChI is InChI=1S/C10H14O.C2H6/c1-4-6-10(5-2)8-7-9(3)11;1-2/h4-6H,1-2,7-8H2,3H3;1-2H3/b10-6+;. The number of carbonyl (C=O) groups is 1. The smallest absolute Gasteiger partial charge is 0.130 e. The van der Waals surface area contributed by atoms with Crippen molar-refractivity contribution in [2.75, 3.05) is 0 Å². The highest BCUT2D eigenvalue weighted by molar-refractivity contribution is 5.75. The molecule has 0 amide bonds. The SMILES string of the molecule is C=C/C=C(\C=C)CCC(C)=O.CC. The third-order valence-electron chi connectivity index (χ3n) is 1.36. The Morgan fingerprint density at radius 1 is 1.23 bits per heavy atom. The van der Waals surface area contributed by atoms with Crippen molar-refractivity contribution in [2.24, 2.45) is 0 Å². The van der Waals surface area contributed by atoms with Crippen LogP contribution in [0.3, 0.4) is 0 Å². The molecular weight excluding hydrogens is 160 g/mol. The Hall–Kier alpha value is -1.11. The van der Waals surface area contributed by atoms with E-state index in [0.717, 1.165) is 12.0 Å². The summed E-state index contributed by atoms with van der Waals surface area (Å²) in [4.78, 5) is 10.6. The van der Waals surface area contributed by atoms with E-state index in [4.69, 9.17) is 0 Å². The first-order chi connectivity index (χ1) is 6.20. The monoisotopic (exact) mass is 180 g/mol. The first-order valence-electron chi connectivity index (χ1n) is 4.64. The van der Waals surface area contributed by atoms with Crippen molar-refractivity contribution in [2.45, 2.75) is 33.6 Å². The molecule has 74 valence electrons. The van der Waals surface area contributed by atoms with Gasteiger partial charge in [0.1, 0.15) is 5.78 Å². The number of ketones is 1. The van der Waals surface area contributed by atoms with Gasteiger partial charge < -0.3 is 4.79 Å². The number of rotatable bonds is 5. The Balaban J connectivity index is 0. The van der Waals surface area contributed by atoms with E-state index in [-0.39, 0.29) is 5.78 Å². The highest BCUT2D eigenvalue weighted by atomic mass is 16.1. The molecule has 0 fully saturated rings. The van der Waals surface area contributed by atoms with E-state index in [9.17, 15) is 4.79 Å². The molecular formula is C12H20O. The molecule has 1 heteroatoms. The lowest BCUT2D eigenvalue weighted by Gasteiger charge is -1.96. The first-order valence-corrected chi connectivity index (χ1v) is 4.64. The fraction of sp³-hybridized carbons (Fsp3) is 0.417. The zero-order valence-corrected chi connectivity index (χ0v) is 8.97. The minimum absolute atomic E-state index is 0.210. The molecule has 0 aliphatic carbocycles. The van der Waals surface area contributed by atoms with Crippen molar-refractivity contribution in [3.8, 4) is 0 Å². The van der Waals surface area contributed by atoms with Gasteiger partial charge in [0, 0.05) is 6.42 Å². The lowest BCUT2D eigenvalue weighted by atomic mass is 10.1. The summed E-state index contributed by atoms with van der Waals surface area (Å²) in [6, 6.07) is 0. The van der Waals surface area contributed by atoms with Crippen molar-refractivity contribution >= 4 is 5.78 Å². The molecule has 0 atom stereocenters. The lowest BCUT2D eigenvalue weighted by Crippen LogP contribution is -1.89. The van der Waals surface area contributed by atoms with Crippen molar-refractivity contribution in [3.63, 3.8) is 0 Å². The Kier molecular flexibility index (Phi) is 12.1. The second-order valence-electron chi connectivity index (χ2n) is 2.38. The van der Waals surface area contributed by atoms with Crippen LogP contribution in [0.25, 0.3) is 0 Å². The summed E-state index contributed by atoms with van der Waals surface area (Å²) >= 11 is 0. The Bertz CT molecular complexity index is 187. The molecule has 0 aliphatic heterocycles. The van der Waals surface area contributed by atoms with Crippen LogP contribution in [0.4, 0.5) is 0 Å². The number of Topliss-reactive ketones (excluding diaryl/α,β-unsaturated/α-hetero) is 1. The van der Waals surface area contributed by atoms with E-state index in [0.29, 0.717) is 6.42 Å². The molecule has 0 radical (unpaired) electrons. The van der Waals surface area contributed by atoms with E-state index in [1.54, 1.807) is 19.1 Å². The van der Waals surface area contributed by atoms with E-state index < -0.39 is 0 Å². The summed E-state index contributed by atoms with van der Waals surface area (Å²) in [5.41, 5.74) is 1.07. The predicted octanol–water partition coefficient (Wildman–Crippen LogP) is 3.68. The zero-order chi connectivity index (χ0) is 10.7. The van der Waals surface area contributed by atoms with Gasteiger partial charge in [-0.15, -0.1) is 0 Å². The van der Waals surface area contributed by atoms with Crippen molar-refractivity contribution < 1.29 is 4.79 Å². The molecule has 0 N–H and O–H groups in total. The molecule has 0 saturated heterocycles. The maximum Gasteiger partial charge on any atom is 0.130 e. The van der Waals surface area contributed by atoms with E-state index in [1.165, 1.54) is 0 Å². The zero-order valence-electron chi connectivity index (χ0n) is 8.97. The van der Waals surface area contributed by atoms with Crippen LogP contribution in [0.15, 0.2) is 37.0 Å². The predicted molar refractivity (Wildman–Crippen MR) is 59.7 cm³/mol. The Labute approximate surface area is 81.9 Å². The van der Waals surface area contributed by atoms with E-state index in [2.05, 4.69) is 13.2 Å². The molecule has 0 bridgehead atoms. The largest absolute Gasteiger partial charge is 0.300 e. The van der Waals surface area contributed by atoms with E-state index in [1.807, 2.05) is 19.9 Å². The normalized spacial score (nSPS) is 9.62. The second kappa shape index (κ2) is 10.9. The molecule has 0 aromatic heterocycles. The summed E-state index contributed by atoms with van der Waals surface area (Å²) in [7, 11) is 0. The van der Waals surface area contributed by atoms with Gasteiger partial charge in [-0.1, -0.05) is 45.2 Å². The molecule has 0 unspecified atom stereocenters. The van der Waals surface area contributed by atoms with Crippen LogP contribution in [0.2, 0.25) is 0 Å². The molecule has 0 aromatic rings. The summed E-state index contributed by atoms with van der Waals surface area (Å²) in [6.45, 7) is 12.8. The van der Waals surface area contributed by atoms with Crippen molar-refractivity contribution in [1.29, 1.82) is 0 Å². The second-order valence-corrected chi connectivity index (χ2v) is 2.38. The fourth-order valence-electron chi connectivity index (χ4n) is 0.725. The lowest BCUT2D eigenvalue weighted by molar-refractivity contribution is -0.116. The van der Waals surface area contributed by atoms with Gasteiger partial charge in [-0.2, -0.15) is 0 Å². The molecule has 13 heavy (non-hydrogen) atoms. The van der Waals surface area contributed by atoms with Gasteiger partial charge in [0.25, 0.3) is 0 Å². The number of carbonyl (C=O) groups excluding carboxylic acids is 1. The quantitative estimate of drug-likeness (QED) is 0.590. The molecule has 0 saturated carbocycles.